The number of hydrogen-bond donors (Lipinski definition) is 3. The van der Waals surface area contributed by atoms with Gasteiger partial charge < -0.3 is 15.6 Å². The molecule has 0 aliphatic carbocycles. The Balaban J connectivity index is 1.66. The highest BCUT2D eigenvalue weighted by molar-refractivity contribution is 5.81. The zero-order valence-corrected chi connectivity index (χ0v) is 14.6. The number of rotatable bonds is 5. The van der Waals surface area contributed by atoms with Gasteiger partial charge in [0.2, 0.25) is 0 Å². The Bertz CT molecular complexity index is 849. The third-order valence-electron chi connectivity index (χ3n) is 4.02. The number of nitrogens with one attached hydrogen (secondary N) is 3. The fourth-order valence-electron chi connectivity index (χ4n) is 2.72. The van der Waals surface area contributed by atoms with Crippen LogP contribution in [0.25, 0.3) is 10.9 Å². The molecular weight excluding hydrogens is 315 g/mol. The summed E-state index contributed by atoms with van der Waals surface area (Å²) in [4.78, 5) is 7.98. The van der Waals surface area contributed by atoms with E-state index in [0.717, 1.165) is 29.3 Å². The summed E-state index contributed by atoms with van der Waals surface area (Å²) in [6.07, 6.45) is 0. The van der Waals surface area contributed by atoms with Gasteiger partial charge in [0, 0.05) is 17.8 Å². The minimum absolute atomic E-state index is 0.184. The molecule has 130 valence electrons. The molecule has 0 bridgehead atoms. The summed E-state index contributed by atoms with van der Waals surface area (Å²) in [6.45, 7) is 5.73. The Morgan fingerprint density at radius 2 is 1.96 bits per heavy atom. The van der Waals surface area contributed by atoms with E-state index in [1.807, 2.05) is 25.1 Å². The first-order chi connectivity index (χ1) is 12.2. The van der Waals surface area contributed by atoms with Crippen molar-refractivity contribution < 1.29 is 4.39 Å². The van der Waals surface area contributed by atoms with Gasteiger partial charge in [-0.2, -0.15) is 0 Å². The van der Waals surface area contributed by atoms with Gasteiger partial charge in [0.15, 0.2) is 5.96 Å². The summed E-state index contributed by atoms with van der Waals surface area (Å²) < 4.78 is 13.4. The average Bonchev–Trinajstić information content (AvgIpc) is 3.03. The number of guanidine groups is 1. The van der Waals surface area contributed by atoms with Crippen LogP contribution in [0.1, 0.15) is 23.7 Å². The van der Waals surface area contributed by atoms with Gasteiger partial charge in [-0.15, -0.1) is 0 Å². The van der Waals surface area contributed by atoms with Crippen molar-refractivity contribution in [1.82, 2.24) is 15.6 Å². The van der Waals surface area contributed by atoms with E-state index in [-0.39, 0.29) is 5.82 Å². The van der Waals surface area contributed by atoms with Crippen LogP contribution < -0.4 is 10.6 Å². The lowest BCUT2D eigenvalue weighted by molar-refractivity contribution is 0.617. The molecule has 1 heterocycles. The van der Waals surface area contributed by atoms with Gasteiger partial charge in [-0.25, -0.2) is 9.38 Å². The Labute approximate surface area is 147 Å². The number of H-pyrrole nitrogens is 1. The van der Waals surface area contributed by atoms with E-state index in [0.29, 0.717) is 18.7 Å². The summed E-state index contributed by atoms with van der Waals surface area (Å²) in [5.74, 6) is 0.555. The van der Waals surface area contributed by atoms with Crippen molar-refractivity contribution in [2.45, 2.75) is 26.9 Å². The predicted molar refractivity (Wildman–Crippen MR) is 101 cm³/mol. The maximum atomic E-state index is 13.4. The number of benzene rings is 2. The van der Waals surface area contributed by atoms with Crippen molar-refractivity contribution in [3.05, 3.63) is 71.2 Å². The number of aryl methyl sites for hydroxylation is 1. The van der Waals surface area contributed by atoms with Crippen molar-refractivity contribution in [3.63, 3.8) is 0 Å². The molecule has 25 heavy (non-hydrogen) atoms. The third kappa shape index (κ3) is 4.38. The summed E-state index contributed by atoms with van der Waals surface area (Å²) in [6, 6.07) is 15.4. The van der Waals surface area contributed by atoms with Crippen molar-refractivity contribution in [1.29, 1.82) is 0 Å². The number of para-hydroxylation sites is 1. The molecule has 4 nitrogen and oxygen atoms in total. The Morgan fingerprint density at radius 1 is 1.12 bits per heavy atom. The lowest BCUT2D eigenvalue weighted by Crippen LogP contribution is -2.36. The zero-order valence-electron chi connectivity index (χ0n) is 14.6. The molecule has 3 aromatic rings. The van der Waals surface area contributed by atoms with Crippen LogP contribution in [0.15, 0.2) is 53.5 Å². The number of aromatic amines is 1. The van der Waals surface area contributed by atoms with Gasteiger partial charge in [0.25, 0.3) is 0 Å². The van der Waals surface area contributed by atoms with Crippen molar-refractivity contribution in [2.24, 2.45) is 4.99 Å². The van der Waals surface area contributed by atoms with E-state index in [9.17, 15) is 4.39 Å². The predicted octanol–water partition coefficient (Wildman–Crippen LogP) is 3.87. The van der Waals surface area contributed by atoms with Gasteiger partial charge in [0.1, 0.15) is 5.82 Å². The SMILES string of the molecule is CCNC(=NCc1ccc(F)c(C)c1)NCc1cc2ccccc2[nH]1. The molecule has 3 rings (SSSR count). The Hall–Kier alpha value is -2.82. The first-order valence-electron chi connectivity index (χ1n) is 8.49. The van der Waals surface area contributed by atoms with Crippen molar-refractivity contribution in [3.8, 4) is 0 Å². The maximum absolute atomic E-state index is 13.4. The van der Waals surface area contributed by atoms with Crippen molar-refractivity contribution >= 4 is 16.9 Å². The highest BCUT2D eigenvalue weighted by Crippen LogP contribution is 2.14. The van der Waals surface area contributed by atoms with Gasteiger partial charge in [-0.05, 0) is 48.6 Å². The second-order valence-electron chi connectivity index (χ2n) is 6.01. The molecule has 0 radical (unpaired) electrons. The third-order valence-corrected chi connectivity index (χ3v) is 4.02. The van der Waals surface area contributed by atoms with Crippen LogP contribution in [0.5, 0.6) is 0 Å². The molecule has 5 heteroatoms. The van der Waals surface area contributed by atoms with E-state index < -0.39 is 0 Å². The van der Waals surface area contributed by atoms with Crippen LogP contribution in [-0.2, 0) is 13.1 Å². The van der Waals surface area contributed by atoms with E-state index in [1.54, 1.807) is 13.0 Å². The number of nitrogens with zero attached hydrogens (tertiary/aromatic N) is 1. The van der Waals surface area contributed by atoms with E-state index in [1.165, 1.54) is 11.5 Å². The average molecular weight is 338 g/mol. The molecule has 1 aromatic heterocycles. The van der Waals surface area contributed by atoms with E-state index in [2.05, 4.69) is 38.8 Å². The lowest BCUT2D eigenvalue weighted by Gasteiger charge is -2.10. The number of halogens is 1. The van der Waals surface area contributed by atoms with Gasteiger partial charge in [0.05, 0.1) is 13.1 Å². The number of aromatic nitrogens is 1. The van der Waals surface area contributed by atoms with E-state index >= 15 is 0 Å². The molecular formula is C20H23FN4. The monoisotopic (exact) mass is 338 g/mol. The second kappa shape index (κ2) is 7.83. The largest absolute Gasteiger partial charge is 0.357 e. The number of fused-ring (bicyclic) bond motifs is 1. The molecule has 0 aliphatic rings. The molecule has 0 spiro atoms. The minimum Gasteiger partial charge on any atom is -0.357 e. The summed E-state index contributed by atoms with van der Waals surface area (Å²) in [7, 11) is 0. The molecule has 0 saturated heterocycles. The Kier molecular flexibility index (Phi) is 5.33. The van der Waals surface area contributed by atoms with E-state index in [4.69, 9.17) is 0 Å². The molecule has 0 fully saturated rings. The van der Waals surface area contributed by atoms with Crippen LogP contribution in [0.4, 0.5) is 4.39 Å². The Morgan fingerprint density at radius 3 is 2.72 bits per heavy atom. The molecule has 0 atom stereocenters. The first kappa shape index (κ1) is 17.0. The van der Waals surface area contributed by atoms with Crippen LogP contribution in [0.3, 0.4) is 0 Å². The minimum atomic E-state index is -0.184. The molecule has 0 saturated carbocycles. The van der Waals surface area contributed by atoms with Crippen LogP contribution >= 0.6 is 0 Å². The summed E-state index contributed by atoms with van der Waals surface area (Å²) in [5.41, 5.74) is 3.86. The van der Waals surface area contributed by atoms with Crippen LogP contribution in [-0.4, -0.2) is 17.5 Å². The number of aliphatic imine (C=N–C) groups is 1. The van der Waals surface area contributed by atoms with Gasteiger partial charge in [-0.1, -0.05) is 30.3 Å². The fraction of sp³-hybridized carbons (Fsp3) is 0.250. The normalized spacial score (nSPS) is 11.7. The highest BCUT2D eigenvalue weighted by atomic mass is 19.1. The highest BCUT2D eigenvalue weighted by Gasteiger charge is 2.03. The number of hydrogen-bond acceptors (Lipinski definition) is 1. The fourth-order valence-corrected chi connectivity index (χ4v) is 2.72. The molecule has 3 N–H and O–H groups in total. The second-order valence-corrected chi connectivity index (χ2v) is 6.01. The van der Waals surface area contributed by atoms with Crippen LogP contribution in [0, 0.1) is 12.7 Å². The standard InChI is InChI=1S/C20H23FN4/c1-3-22-20(23-12-15-8-9-18(21)14(2)10-15)24-13-17-11-16-6-4-5-7-19(16)25-17/h4-11,25H,3,12-13H2,1-2H3,(H2,22,23,24). The summed E-state index contributed by atoms with van der Waals surface area (Å²) in [5, 5.41) is 7.76. The lowest BCUT2D eigenvalue weighted by atomic mass is 10.1. The quantitative estimate of drug-likeness (QED) is 0.489. The molecule has 0 amide bonds. The topological polar surface area (TPSA) is 52.2 Å². The summed E-state index contributed by atoms with van der Waals surface area (Å²) >= 11 is 0. The smallest absolute Gasteiger partial charge is 0.191 e. The zero-order chi connectivity index (χ0) is 17.6. The van der Waals surface area contributed by atoms with Crippen molar-refractivity contribution in [2.75, 3.05) is 6.54 Å². The first-order valence-corrected chi connectivity index (χ1v) is 8.49. The van der Waals surface area contributed by atoms with Gasteiger partial charge >= 0.3 is 0 Å². The molecule has 2 aromatic carbocycles. The van der Waals surface area contributed by atoms with Crippen LogP contribution in [0.2, 0.25) is 0 Å². The molecule has 0 aliphatic heterocycles. The van der Waals surface area contributed by atoms with Gasteiger partial charge in [-0.3, -0.25) is 0 Å². The maximum Gasteiger partial charge on any atom is 0.191 e. The molecule has 0 unspecified atom stereocenters.